The zero-order valence-electron chi connectivity index (χ0n) is 35.3. The molecule has 0 bridgehead atoms. The molecule has 47 heavy (non-hydrogen) atoms. The van der Waals surface area contributed by atoms with Crippen LogP contribution >= 0.6 is 0 Å². The zero-order chi connectivity index (χ0) is 36.1. The molecule has 0 saturated heterocycles. The summed E-state index contributed by atoms with van der Waals surface area (Å²) in [6.45, 7) is 29.8. The molecule has 0 radical (unpaired) electrons. The van der Waals surface area contributed by atoms with E-state index in [2.05, 4.69) is 83.1 Å². The molecular weight excluding hydrogens is 572 g/mol. The Labute approximate surface area is 301 Å². The van der Waals surface area contributed by atoms with Crippen molar-refractivity contribution in [3.05, 3.63) is 0 Å². The molecule has 7 unspecified atom stereocenters. The van der Waals surface area contributed by atoms with E-state index in [0.29, 0.717) is 6.61 Å². The van der Waals surface area contributed by atoms with Crippen LogP contribution in [-0.4, -0.2) is 24.9 Å². The first-order chi connectivity index (χ1) is 22.5. The average molecular weight is 669 g/mol. The van der Waals surface area contributed by atoms with E-state index in [4.69, 9.17) is 9.84 Å². The molecule has 2 heteroatoms. The molecular formula is C45H96O2. The molecule has 0 rings (SSSR count). The smallest absolute Gasteiger partial charge is 0.0697 e. The normalized spacial score (nSPS) is 15.8. The molecule has 0 heterocycles. The van der Waals surface area contributed by atoms with Crippen molar-refractivity contribution in [3.8, 4) is 0 Å². The van der Waals surface area contributed by atoms with Crippen molar-refractivity contribution in [3.63, 3.8) is 0 Å². The van der Waals surface area contributed by atoms with E-state index in [9.17, 15) is 0 Å². The minimum Gasteiger partial charge on any atom is -0.394 e. The maximum absolute atomic E-state index is 8.54. The highest BCUT2D eigenvalue weighted by Crippen LogP contribution is 2.25. The lowest BCUT2D eigenvalue weighted by Crippen LogP contribution is -2.07. The average Bonchev–Trinajstić information content (AvgIpc) is 3.00. The van der Waals surface area contributed by atoms with Crippen LogP contribution in [0.2, 0.25) is 0 Å². The maximum Gasteiger partial charge on any atom is 0.0697 e. The van der Waals surface area contributed by atoms with Gasteiger partial charge in [0, 0.05) is 6.61 Å². The highest BCUT2D eigenvalue weighted by molar-refractivity contribution is 4.64. The Kier molecular flexibility index (Phi) is 44.0. The summed E-state index contributed by atoms with van der Waals surface area (Å²) >= 11 is 0. The molecule has 0 fully saturated rings. The van der Waals surface area contributed by atoms with Gasteiger partial charge in [-0.25, -0.2) is 0 Å². The molecule has 0 amide bonds. The predicted octanol–water partition coefficient (Wildman–Crippen LogP) is 15.5. The number of aliphatic hydroxyl groups excluding tert-OH is 1. The van der Waals surface area contributed by atoms with Crippen molar-refractivity contribution in [1.82, 2.24) is 0 Å². The second-order valence-corrected chi connectivity index (χ2v) is 16.6. The fourth-order valence-corrected chi connectivity index (χ4v) is 7.73. The van der Waals surface area contributed by atoms with E-state index >= 15 is 0 Å². The van der Waals surface area contributed by atoms with Gasteiger partial charge in [-0.05, 0) is 73.5 Å². The molecule has 0 aliphatic heterocycles. The lowest BCUT2D eigenvalue weighted by atomic mass is 9.86. The molecule has 0 aromatic heterocycles. The maximum atomic E-state index is 8.54. The van der Waals surface area contributed by atoms with Crippen molar-refractivity contribution in [2.24, 2.45) is 41.4 Å². The number of aliphatic hydroxyl groups is 1. The van der Waals surface area contributed by atoms with Crippen LogP contribution in [0.25, 0.3) is 0 Å². The van der Waals surface area contributed by atoms with Crippen molar-refractivity contribution >= 4 is 0 Å². The fourth-order valence-electron chi connectivity index (χ4n) is 7.73. The Hall–Kier alpha value is -0.0800. The SMILES string of the molecule is CCCC(C)CC(C)CCCCCOCCO.CCCCCC(C)CC(C)CC(C)CCC.CCCCCCC(C)CC(C)CCC. The van der Waals surface area contributed by atoms with Crippen molar-refractivity contribution in [2.45, 2.75) is 231 Å². The van der Waals surface area contributed by atoms with Gasteiger partial charge in [0.25, 0.3) is 0 Å². The zero-order valence-corrected chi connectivity index (χ0v) is 35.3. The fraction of sp³-hybridized carbons (Fsp3) is 1.00. The summed E-state index contributed by atoms with van der Waals surface area (Å²) in [6.07, 6.45) is 31.8. The molecule has 0 aromatic carbocycles. The minimum atomic E-state index is 0.145. The summed E-state index contributed by atoms with van der Waals surface area (Å²) in [5, 5.41) is 8.54. The van der Waals surface area contributed by atoms with Gasteiger partial charge in [0.05, 0.1) is 13.2 Å². The Bertz CT molecular complexity index is 548. The summed E-state index contributed by atoms with van der Waals surface area (Å²) < 4.78 is 5.24. The largest absolute Gasteiger partial charge is 0.394 e. The molecule has 1 N–H and O–H groups in total. The van der Waals surface area contributed by atoms with E-state index in [1.165, 1.54) is 141 Å². The first-order valence-corrected chi connectivity index (χ1v) is 21.7. The number of unbranched alkanes of at least 4 members (excludes halogenated alkanes) is 7. The van der Waals surface area contributed by atoms with E-state index in [1.807, 2.05) is 0 Å². The molecule has 0 aliphatic rings. The van der Waals surface area contributed by atoms with Crippen LogP contribution in [-0.2, 0) is 4.74 Å². The molecule has 7 atom stereocenters. The van der Waals surface area contributed by atoms with Crippen molar-refractivity contribution in [1.29, 1.82) is 0 Å². The quantitative estimate of drug-likeness (QED) is 0.0745. The molecule has 0 aliphatic carbocycles. The van der Waals surface area contributed by atoms with Gasteiger partial charge < -0.3 is 9.84 Å². The molecule has 0 aromatic rings. The van der Waals surface area contributed by atoms with Crippen LogP contribution in [0.1, 0.15) is 231 Å². The Morgan fingerprint density at radius 2 is 0.660 bits per heavy atom. The van der Waals surface area contributed by atoms with Crippen LogP contribution in [0, 0.1) is 41.4 Å². The van der Waals surface area contributed by atoms with Gasteiger partial charge >= 0.3 is 0 Å². The topological polar surface area (TPSA) is 29.5 Å². The standard InChI is InChI=1S/C16H34.C15H32O2.C14H30/c1-6-8-9-11-15(4)13-16(5)12-14(3)10-7-2;1-4-8-14(2)13-15(3)9-6-5-7-11-17-12-10-16;1-5-7-8-9-11-14(4)12-13(3)10-6-2/h14-16H,6-13H2,1-5H3;14-16H,4-13H2,1-3H3;13-14H,5-12H2,1-4H3. The predicted molar refractivity (Wildman–Crippen MR) is 217 cm³/mol. The highest BCUT2D eigenvalue weighted by Gasteiger charge is 2.12. The summed E-state index contributed by atoms with van der Waals surface area (Å²) in [4.78, 5) is 0. The van der Waals surface area contributed by atoms with Gasteiger partial charge in [-0.15, -0.1) is 0 Å². The molecule has 0 saturated carbocycles. The van der Waals surface area contributed by atoms with E-state index in [0.717, 1.165) is 54.5 Å². The van der Waals surface area contributed by atoms with Gasteiger partial charge in [0.2, 0.25) is 0 Å². The van der Waals surface area contributed by atoms with Crippen LogP contribution in [0.3, 0.4) is 0 Å². The third kappa shape index (κ3) is 43.9. The second kappa shape index (κ2) is 40.4. The number of ether oxygens (including phenoxy) is 1. The first-order valence-electron chi connectivity index (χ1n) is 21.7. The Balaban J connectivity index is -0.000000621. The Morgan fingerprint density at radius 3 is 1.02 bits per heavy atom. The van der Waals surface area contributed by atoms with Gasteiger partial charge in [0.1, 0.15) is 0 Å². The van der Waals surface area contributed by atoms with Gasteiger partial charge in [0.15, 0.2) is 0 Å². The van der Waals surface area contributed by atoms with E-state index < -0.39 is 0 Å². The second-order valence-electron chi connectivity index (χ2n) is 16.6. The number of hydrogen-bond donors (Lipinski definition) is 1. The monoisotopic (exact) mass is 669 g/mol. The Morgan fingerprint density at radius 1 is 0.340 bits per heavy atom. The molecule has 0 spiro atoms. The van der Waals surface area contributed by atoms with E-state index in [1.54, 1.807) is 0 Å². The van der Waals surface area contributed by atoms with Crippen LogP contribution < -0.4 is 0 Å². The highest BCUT2D eigenvalue weighted by atomic mass is 16.5. The summed E-state index contributed by atoms with van der Waals surface area (Å²) in [5.74, 6) is 6.46. The van der Waals surface area contributed by atoms with Crippen molar-refractivity contribution < 1.29 is 9.84 Å². The summed E-state index contributed by atoms with van der Waals surface area (Å²) in [6, 6.07) is 0. The van der Waals surface area contributed by atoms with Crippen LogP contribution in [0.15, 0.2) is 0 Å². The van der Waals surface area contributed by atoms with Gasteiger partial charge in [-0.2, -0.15) is 0 Å². The summed E-state index contributed by atoms with van der Waals surface area (Å²) in [5.41, 5.74) is 0. The van der Waals surface area contributed by atoms with Crippen LogP contribution in [0.5, 0.6) is 0 Å². The third-order valence-corrected chi connectivity index (χ3v) is 10.1. The van der Waals surface area contributed by atoms with Crippen molar-refractivity contribution in [2.75, 3.05) is 19.8 Å². The summed E-state index contributed by atoms with van der Waals surface area (Å²) in [7, 11) is 0. The van der Waals surface area contributed by atoms with Crippen LogP contribution in [0.4, 0.5) is 0 Å². The minimum absolute atomic E-state index is 0.145. The third-order valence-electron chi connectivity index (χ3n) is 10.1. The number of hydrogen-bond acceptors (Lipinski definition) is 2. The molecule has 2 nitrogen and oxygen atoms in total. The number of rotatable bonds is 31. The van der Waals surface area contributed by atoms with Gasteiger partial charge in [-0.1, -0.05) is 199 Å². The van der Waals surface area contributed by atoms with Gasteiger partial charge in [-0.3, -0.25) is 0 Å². The molecule has 288 valence electrons. The lowest BCUT2D eigenvalue weighted by molar-refractivity contribution is 0.0893. The van der Waals surface area contributed by atoms with E-state index in [-0.39, 0.29) is 6.61 Å². The first kappa shape index (κ1) is 51.3. The lowest BCUT2D eigenvalue weighted by Gasteiger charge is -2.20.